The van der Waals surface area contributed by atoms with Crippen molar-refractivity contribution < 1.29 is 0 Å². The number of aromatic nitrogens is 2. The van der Waals surface area contributed by atoms with E-state index in [1.54, 1.807) is 6.07 Å². The highest BCUT2D eigenvalue weighted by atomic mass is 35.5. The molecule has 0 amide bonds. The number of hydrogen-bond acceptors (Lipinski definition) is 2. The molecule has 4 aromatic carbocycles. The fourth-order valence-corrected chi connectivity index (χ4v) is 3.76. The normalized spacial score (nSPS) is 10.9. The van der Waals surface area contributed by atoms with Gasteiger partial charge in [0.05, 0.1) is 5.69 Å². The van der Waals surface area contributed by atoms with Gasteiger partial charge in [-0.2, -0.15) is 0 Å². The maximum absolute atomic E-state index is 6.29. The molecule has 0 N–H and O–H groups in total. The first kappa shape index (κ1) is 17.6. The van der Waals surface area contributed by atoms with E-state index in [-0.39, 0.29) is 0 Å². The van der Waals surface area contributed by atoms with Crippen molar-refractivity contribution in [2.75, 3.05) is 0 Å². The van der Waals surface area contributed by atoms with Crippen LogP contribution in [0.3, 0.4) is 0 Å². The van der Waals surface area contributed by atoms with Crippen molar-refractivity contribution in [3.63, 3.8) is 0 Å². The Balaban J connectivity index is 1.55. The van der Waals surface area contributed by atoms with Crippen LogP contribution in [0.2, 0.25) is 5.15 Å². The Bertz CT molecular complexity index is 1290. The van der Waals surface area contributed by atoms with Crippen molar-refractivity contribution in [1.82, 2.24) is 9.97 Å². The Morgan fingerprint density at radius 1 is 0.552 bits per heavy atom. The highest BCUT2D eigenvalue weighted by molar-refractivity contribution is 6.29. The number of rotatable bonds is 3. The monoisotopic (exact) mass is 392 g/mol. The third-order valence-electron chi connectivity index (χ3n) is 5.01. The lowest BCUT2D eigenvalue weighted by molar-refractivity contribution is 1.18. The van der Waals surface area contributed by atoms with Crippen LogP contribution in [0.1, 0.15) is 0 Å². The molecule has 0 aliphatic carbocycles. The van der Waals surface area contributed by atoms with Crippen molar-refractivity contribution in [1.29, 1.82) is 0 Å². The summed E-state index contributed by atoms with van der Waals surface area (Å²) in [5.41, 5.74) is 5.17. The molecule has 1 aromatic heterocycles. The lowest BCUT2D eigenvalue weighted by atomic mass is 9.97. The first-order chi connectivity index (χ1) is 14.3. The predicted molar refractivity (Wildman–Crippen MR) is 121 cm³/mol. The Morgan fingerprint density at radius 3 is 2.07 bits per heavy atom. The highest BCUT2D eigenvalue weighted by Crippen LogP contribution is 2.31. The Hall–Kier alpha value is -3.49. The molecule has 138 valence electrons. The number of hydrogen-bond donors (Lipinski definition) is 0. The Kier molecular flexibility index (Phi) is 4.55. The van der Waals surface area contributed by atoms with Gasteiger partial charge in [0, 0.05) is 17.2 Å². The maximum Gasteiger partial charge on any atom is 0.161 e. The van der Waals surface area contributed by atoms with Gasteiger partial charge in [-0.15, -0.1) is 0 Å². The van der Waals surface area contributed by atoms with Crippen LogP contribution in [0.5, 0.6) is 0 Å². The molecule has 5 rings (SSSR count). The first-order valence-electron chi connectivity index (χ1n) is 9.46. The summed E-state index contributed by atoms with van der Waals surface area (Å²) < 4.78 is 0. The summed E-state index contributed by atoms with van der Waals surface area (Å²) >= 11 is 6.29. The van der Waals surface area contributed by atoms with E-state index in [1.807, 2.05) is 30.3 Å². The molecule has 0 spiro atoms. The topological polar surface area (TPSA) is 25.8 Å². The Labute approximate surface area is 174 Å². The Morgan fingerprint density at radius 2 is 1.24 bits per heavy atom. The molecule has 3 heteroatoms. The van der Waals surface area contributed by atoms with E-state index >= 15 is 0 Å². The van der Waals surface area contributed by atoms with Crippen LogP contribution in [0.4, 0.5) is 0 Å². The molecule has 0 saturated heterocycles. The zero-order chi connectivity index (χ0) is 19.6. The molecule has 0 unspecified atom stereocenters. The van der Waals surface area contributed by atoms with Crippen molar-refractivity contribution in [2.45, 2.75) is 0 Å². The third kappa shape index (κ3) is 3.51. The largest absolute Gasteiger partial charge is 0.228 e. The van der Waals surface area contributed by atoms with E-state index in [9.17, 15) is 0 Å². The van der Waals surface area contributed by atoms with Gasteiger partial charge < -0.3 is 0 Å². The molecule has 0 saturated carbocycles. The number of fused-ring (bicyclic) bond motifs is 1. The molecule has 0 fully saturated rings. The molecule has 0 radical (unpaired) electrons. The minimum Gasteiger partial charge on any atom is -0.228 e. The molecule has 0 bridgehead atoms. The van der Waals surface area contributed by atoms with Crippen LogP contribution in [0, 0.1) is 0 Å². The van der Waals surface area contributed by atoms with Crippen LogP contribution in [0.15, 0.2) is 103 Å². The number of benzene rings is 4. The van der Waals surface area contributed by atoms with Gasteiger partial charge in [0.15, 0.2) is 5.82 Å². The quantitative estimate of drug-likeness (QED) is 0.301. The number of nitrogens with zero attached hydrogens (tertiary/aromatic N) is 2. The van der Waals surface area contributed by atoms with E-state index in [1.165, 1.54) is 21.9 Å². The van der Waals surface area contributed by atoms with Crippen LogP contribution >= 0.6 is 11.6 Å². The standard InChI is InChI=1S/C26H17ClN2/c27-25-17-24(28-26(29-25)21-8-2-1-3-9-21)20-15-13-19(14-16-20)23-12-6-10-18-7-4-5-11-22(18)23/h1-17H. The first-order valence-corrected chi connectivity index (χ1v) is 9.84. The molecule has 1 heterocycles. The van der Waals surface area contributed by atoms with Gasteiger partial charge in [-0.3, -0.25) is 0 Å². The zero-order valence-electron chi connectivity index (χ0n) is 15.6. The molecular formula is C26H17ClN2. The molecular weight excluding hydrogens is 376 g/mol. The lowest BCUT2D eigenvalue weighted by Gasteiger charge is -2.09. The van der Waals surface area contributed by atoms with Gasteiger partial charge in [-0.1, -0.05) is 109 Å². The van der Waals surface area contributed by atoms with Gasteiger partial charge in [0.2, 0.25) is 0 Å². The summed E-state index contributed by atoms with van der Waals surface area (Å²) in [6.45, 7) is 0. The average molecular weight is 393 g/mol. The molecule has 5 aromatic rings. The summed E-state index contributed by atoms with van der Waals surface area (Å²) in [7, 11) is 0. The second kappa shape index (κ2) is 7.50. The van der Waals surface area contributed by atoms with Gasteiger partial charge >= 0.3 is 0 Å². The molecule has 29 heavy (non-hydrogen) atoms. The summed E-state index contributed by atoms with van der Waals surface area (Å²) in [5, 5.41) is 2.93. The smallest absolute Gasteiger partial charge is 0.161 e. The predicted octanol–water partition coefficient (Wildman–Crippen LogP) is 7.28. The molecule has 0 atom stereocenters. The van der Waals surface area contributed by atoms with Gasteiger partial charge in [0.25, 0.3) is 0 Å². The van der Waals surface area contributed by atoms with Crippen molar-refractivity contribution in [2.24, 2.45) is 0 Å². The van der Waals surface area contributed by atoms with Crippen LogP contribution < -0.4 is 0 Å². The molecule has 0 aliphatic rings. The second-order valence-electron chi connectivity index (χ2n) is 6.87. The van der Waals surface area contributed by atoms with E-state index in [4.69, 9.17) is 16.6 Å². The van der Waals surface area contributed by atoms with E-state index in [0.29, 0.717) is 11.0 Å². The summed E-state index contributed by atoms with van der Waals surface area (Å²) in [6, 6.07) is 35.0. The van der Waals surface area contributed by atoms with E-state index in [0.717, 1.165) is 16.8 Å². The summed E-state index contributed by atoms with van der Waals surface area (Å²) in [4.78, 5) is 9.11. The van der Waals surface area contributed by atoms with Gasteiger partial charge in [-0.25, -0.2) is 9.97 Å². The van der Waals surface area contributed by atoms with E-state index in [2.05, 4.69) is 71.7 Å². The number of halogens is 1. The molecule has 2 nitrogen and oxygen atoms in total. The lowest BCUT2D eigenvalue weighted by Crippen LogP contribution is -1.93. The van der Waals surface area contributed by atoms with Crippen molar-refractivity contribution in [3.05, 3.63) is 108 Å². The van der Waals surface area contributed by atoms with Gasteiger partial charge in [0.1, 0.15) is 5.15 Å². The minimum absolute atomic E-state index is 0.437. The fraction of sp³-hybridized carbons (Fsp3) is 0. The average Bonchev–Trinajstić information content (AvgIpc) is 2.79. The van der Waals surface area contributed by atoms with Crippen molar-refractivity contribution >= 4 is 22.4 Å². The minimum atomic E-state index is 0.437. The third-order valence-corrected chi connectivity index (χ3v) is 5.20. The highest BCUT2D eigenvalue weighted by Gasteiger charge is 2.09. The summed E-state index contributed by atoms with van der Waals surface area (Å²) in [6.07, 6.45) is 0. The summed E-state index contributed by atoms with van der Waals surface area (Å²) in [5.74, 6) is 0.631. The van der Waals surface area contributed by atoms with Gasteiger partial charge in [-0.05, 0) is 21.9 Å². The van der Waals surface area contributed by atoms with Crippen LogP contribution in [0.25, 0.3) is 44.5 Å². The second-order valence-corrected chi connectivity index (χ2v) is 7.26. The van der Waals surface area contributed by atoms with Crippen LogP contribution in [-0.2, 0) is 0 Å². The van der Waals surface area contributed by atoms with Crippen molar-refractivity contribution in [3.8, 4) is 33.8 Å². The van der Waals surface area contributed by atoms with Crippen LogP contribution in [-0.4, -0.2) is 9.97 Å². The SMILES string of the molecule is Clc1cc(-c2ccc(-c3cccc4ccccc34)cc2)nc(-c2ccccc2)n1. The zero-order valence-corrected chi connectivity index (χ0v) is 16.3. The fourth-order valence-electron chi connectivity index (χ4n) is 3.58. The molecule has 0 aliphatic heterocycles. The van der Waals surface area contributed by atoms with E-state index < -0.39 is 0 Å². The maximum atomic E-state index is 6.29.